The molecule has 0 saturated heterocycles. The molecule has 0 atom stereocenters. The van der Waals surface area contributed by atoms with Crippen molar-refractivity contribution in [3.8, 4) is 0 Å². The summed E-state index contributed by atoms with van der Waals surface area (Å²) in [5.41, 5.74) is 0. The van der Waals surface area contributed by atoms with Gasteiger partial charge in [-0.2, -0.15) is 0 Å². The average Bonchev–Trinajstić information content (AvgIpc) is 2.13. The highest BCUT2D eigenvalue weighted by atomic mass is 16.4. The average molecular weight is 140 g/mol. The van der Waals surface area contributed by atoms with E-state index < -0.39 is 0 Å². The molecule has 1 aromatic rings. The standard InChI is InChI=1S/C7H12N2O/c1-5(2)4-7-9-8-6(3)10-7/h5H,4H2,1-3H3. The molecule has 56 valence electrons. The zero-order valence-electron chi connectivity index (χ0n) is 6.59. The van der Waals surface area contributed by atoms with Crippen LogP contribution in [-0.4, -0.2) is 10.2 Å². The molecule has 3 heteroatoms. The number of aryl methyl sites for hydroxylation is 1. The van der Waals surface area contributed by atoms with E-state index in [1.807, 2.05) is 0 Å². The van der Waals surface area contributed by atoms with Crippen molar-refractivity contribution in [2.75, 3.05) is 0 Å². The first kappa shape index (κ1) is 7.25. The normalized spacial score (nSPS) is 10.8. The monoisotopic (exact) mass is 140 g/mol. The van der Waals surface area contributed by atoms with Gasteiger partial charge >= 0.3 is 0 Å². The summed E-state index contributed by atoms with van der Waals surface area (Å²) in [7, 11) is 0. The Morgan fingerprint density at radius 3 is 2.50 bits per heavy atom. The molecule has 0 bridgehead atoms. The largest absolute Gasteiger partial charge is 0.426 e. The van der Waals surface area contributed by atoms with E-state index in [9.17, 15) is 0 Å². The zero-order chi connectivity index (χ0) is 7.56. The quantitative estimate of drug-likeness (QED) is 0.626. The maximum Gasteiger partial charge on any atom is 0.216 e. The van der Waals surface area contributed by atoms with Crippen LogP contribution < -0.4 is 0 Å². The maximum absolute atomic E-state index is 5.17. The smallest absolute Gasteiger partial charge is 0.216 e. The lowest BCUT2D eigenvalue weighted by molar-refractivity contribution is 0.438. The van der Waals surface area contributed by atoms with Crippen LogP contribution in [0.5, 0.6) is 0 Å². The Bertz CT molecular complexity index is 205. The molecule has 1 aromatic heterocycles. The lowest BCUT2D eigenvalue weighted by Crippen LogP contribution is -1.93. The van der Waals surface area contributed by atoms with Gasteiger partial charge in [-0.1, -0.05) is 13.8 Å². The van der Waals surface area contributed by atoms with Crippen LogP contribution in [0.3, 0.4) is 0 Å². The van der Waals surface area contributed by atoms with Crippen LogP contribution in [0.1, 0.15) is 25.6 Å². The molecule has 0 amide bonds. The topological polar surface area (TPSA) is 38.9 Å². The van der Waals surface area contributed by atoms with E-state index in [1.165, 1.54) is 0 Å². The summed E-state index contributed by atoms with van der Waals surface area (Å²) < 4.78 is 5.17. The Morgan fingerprint density at radius 1 is 1.40 bits per heavy atom. The number of nitrogens with zero attached hydrogens (tertiary/aromatic N) is 2. The molecule has 0 aliphatic rings. The van der Waals surface area contributed by atoms with Crippen molar-refractivity contribution < 1.29 is 4.42 Å². The van der Waals surface area contributed by atoms with Crippen molar-refractivity contribution in [1.29, 1.82) is 0 Å². The zero-order valence-corrected chi connectivity index (χ0v) is 6.59. The summed E-state index contributed by atoms with van der Waals surface area (Å²) in [6, 6.07) is 0. The van der Waals surface area contributed by atoms with Crippen molar-refractivity contribution in [3.63, 3.8) is 0 Å². The van der Waals surface area contributed by atoms with E-state index in [0.717, 1.165) is 12.3 Å². The van der Waals surface area contributed by atoms with Gasteiger partial charge in [0.2, 0.25) is 11.8 Å². The lowest BCUT2D eigenvalue weighted by Gasteiger charge is -1.95. The second-order valence-electron chi connectivity index (χ2n) is 2.81. The molecule has 0 unspecified atom stereocenters. The van der Waals surface area contributed by atoms with E-state index in [0.29, 0.717) is 11.8 Å². The molecule has 0 aliphatic carbocycles. The van der Waals surface area contributed by atoms with Crippen LogP contribution in [0, 0.1) is 12.8 Å². The maximum atomic E-state index is 5.17. The Balaban J connectivity index is 2.58. The van der Waals surface area contributed by atoms with E-state index >= 15 is 0 Å². The lowest BCUT2D eigenvalue weighted by atomic mass is 10.1. The number of hydrogen-bond donors (Lipinski definition) is 0. The van der Waals surface area contributed by atoms with Gasteiger partial charge in [-0.15, -0.1) is 10.2 Å². The SMILES string of the molecule is Cc1nnc(CC(C)C)o1. The van der Waals surface area contributed by atoms with Crippen LogP contribution >= 0.6 is 0 Å². The highest BCUT2D eigenvalue weighted by Gasteiger charge is 2.03. The third-order valence-corrected chi connectivity index (χ3v) is 1.15. The van der Waals surface area contributed by atoms with Gasteiger partial charge in [-0.25, -0.2) is 0 Å². The fourth-order valence-corrected chi connectivity index (χ4v) is 0.769. The Kier molecular flexibility index (Phi) is 2.04. The third-order valence-electron chi connectivity index (χ3n) is 1.15. The Labute approximate surface area is 60.5 Å². The molecule has 0 spiro atoms. The predicted octanol–water partition coefficient (Wildman–Crippen LogP) is 1.58. The molecular weight excluding hydrogens is 128 g/mol. The Hall–Kier alpha value is -0.860. The molecule has 3 nitrogen and oxygen atoms in total. The minimum absolute atomic E-state index is 0.583. The third kappa shape index (κ3) is 1.83. The highest BCUT2D eigenvalue weighted by molar-refractivity contribution is 4.79. The summed E-state index contributed by atoms with van der Waals surface area (Å²) >= 11 is 0. The van der Waals surface area contributed by atoms with Crippen LogP contribution in [0.25, 0.3) is 0 Å². The molecule has 1 heterocycles. The van der Waals surface area contributed by atoms with Crippen molar-refractivity contribution in [2.45, 2.75) is 27.2 Å². The van der Waals surface area contributed by atoms with Crippen LogP contribution in [0.15, 0.2) is 4.42 Å². The fraction of sp³-hybridized carbons (Fsp3) is 0.714. The summed E-state index contributed by atoms with van der Waals surface area (Å²) in [5, 5.41) is 7.59. The van der Waals surface area contributed by atoms with Gasteiger partial charge in [-0.3, -0.25) is 0 Å². The first-order chi connectivity index (χ1) is 4.68. The van der Waals surface area contributed by atoms with Crippen molar-refractivity contribution in [2.24, 2.45) is 5.92 Å². The van der Waals surface area contributed by atoms with E-state index in [-0.39, 0.29) is 0 Å². The minimum atomic E-state index is 0.583. The van der Waals surface area contributed by atoms with Gasteiger partial charge in [0, 0.05) is 13.3 Å². The van der Waals surface area contributed by atoms with Gasteiger partial charge in [0.15, 0.2) is 0 Å². The number of rotatable bonds is 2. The van der Waals surface area contributed by atoms with Crippen LogP contribution in [0.2, 0.25) is 0 Å². The minimum Gasteiger partial charge on any atom is -0.426 e. The van der Waals surface area contributed by atoms with Crippen molar-refractivity contribution in [3.05, 3.63) is 11.8 Å². The predicted molar refractivity (Wildman–Crippen MR) is 37.6 cm³/mol. The Morgan fingerprint density at radius 2 is 2.10 bits per heavy atom. The van der Waals surface area contributed by atoms with E-state index in [4.69, 9.17) is 4.42 Å². The van der Waals surface area contributed by atoms with Gasteiger partial charge in [0.25, 0.3) is 0 Å². The molecule has 0 saturated carbocycles. The molecule has 1 rings (SSSR count). The van der Waals surface area contributed by atoms with Gasteiger partial charge in [-0.05, 0) is 5.92 Å². The fourth-order valence-electron chi connectivity index (χ4n) is 0.769. The number of aromatic nitrogens is 2. The van der Waals surface area contributed by atoms with Gasteiger partial charge < -0.3 is 4.42 Å². The van der Waals surface area contributed by atoms with Gasteiger partial charge in [0.05, 0.1) is 0 Å². The van der Waals surface area contributed by atoms with E-state index in [1.54, 1.807) is 6.92 Å². The molecule has 10 heavy (non-hydrogen) atoms. The van der Waals surface area contributed by atoms with Crippen molar-refractivity contribution in [1.82, 2.24) is 10.2 Å². The second-order valence-corrected chi connectivity index (χ2v) is 2.81. The first-order valence-corrected chi connectivity index (χ1v) is 3.47. The second kappa shape index (κ2) is 2.82. The highest BCUT2D eigenvalue weighted by Crippen LogP contribution is 2.05. The van der Waals surface area contributed by atoms with E-state index in [2.05, 4.69) is 24.0 Å². The molecule has 0 radical (unpaired) electrons. The summed E-state index contributed by atoms with van der Waals surface area (Å²) in [6.45, 7) is 6.05. The summed E-state index contributed by atoms with van der Waals surface area (Å²) in [6.07, 6.45) is 0.876. The van der Waals surface area contributed by atoms with Crippen molar-refractivity contribution >= 4 is 0 Å². The summed E-state index contributed by atoms with van der Waals surface area (Å²) in [5.74, 6) is 1.98. The molecule has 0 N–H and O–H groups in total. The molecule has 0 aliphatic heterocycles. The van der Waals surface area contributed by atoms with Gasteiger partial charge in [0.1, 0.15) is 0 Å². The first-order valence-electron chi connectivity index (χ1n) is 3.47. The number of hydrogen-bond acceptors (Lipinski definition) is 3. The molecular formula is C7H12N2O. The summed E-state index contributed by atoms with van der Waals surface area (Å²) in [4.78, 5) is 0. The van der Waals surface area contributed by atoms with Crippen LogP contribution in [0.4, 0.5) is 0 Å². The molecule has 0 aromatic carbocycles. The molecule has 0 fully saturated rings. The van der Waals surface area contributed by atoms with Crippen LogP contribution in [-0.2, 0) is 6.42 Å².